The number of nitrogens with zero attached hydrogens (tertiary/aromatic N) is 1. The first-order chi connectivity index (χ1) is 11.2. The zero-order valence-corrected chi connectivity index (χ0v) is 12.6. The number of Topliss-reactive ketones (excluding diaryl/α,β-unsaturated/α-hetero) is 1. The van der Waals surface area contributed by atoms with Gasteiger partial charge in [-0.3, -0.25) is 14.4 Å². The summed E-state index contributed by atoms with van der Waals surface area (Å²) < 4.78 is 44.7. The highest BCUT2D eigenvalue weighted by molar-refractivity contribution is 6.21. The van der Waals surface area contributed by atoms with Gasteiger partial charge in [0.2, 0.25) is 5.91 Å². The minimum Gasteiger partial charge on any atom is -0.465 e. The minimum atomic E-state index is -4.79. The SMILES string of the molecule is CCOC(=O)C1C(=O)CN(Cc2ccc(OC(F)(F)F)cc2)C1=O. The normalized spacial score (nSPS) is 18.0. The van der Waals surface area contributed by atoms with Gasteiger partial charge in [-0.2, -0.15) is 0 Å². The fourth-order valence-electron chi connectivity index (χ4n) is 2.29. The van der Waals surface area contributed by atoms with E-state index < -0.39 is 29.9 Å². The molecule has 0 aromatic heterocycles. The molecule has 0 aliphatic carbocycles. The third-order valence-electron chi connectivity index (χ3n) is 3.28. The number of esters is 1. The molecule has 1 unspecified atom stereocenters. The first-order valence-corrected chi connectivity index (χ1v) is 7.04. The number of ether oxygens (including phenoxy) is 2. The van der Waals surface area contributed by atoms with E-state index in [0.717, 1.165) is 17.0 Å². The van der Waals surface area contributed by atoms with Crippen molar-refractivity contribution in [3.05, 3.63) is 29.8 Å². The Morgan fingerprint density at radius 3 is 2.42 bits per heavy atom. The van der Waals surface area contributed by atoms with Gasteiger partial charge in [-0.25, -0.2) is 0 Å². The number of hydrogen-bond donors (Lipinski definition) is 0. The number of carbonyl (C=O) groups excluding carboxylic acids is 3. The molecule has 0 N–H and O–H groups in total. The fraction of sp³-hybridized carbons (Fsp3) is 0.400. The van der Waals surface area contributed by atoms with Crippen LogP contribution in [0.4, 0.5) is 13.2 Å². The summed E-state index contributed by atoms with van der Waals surface area (Å²) in [5.41, 5.74) is 0.496. The Bertz CT molecular complexity index is 642. The van der Waals surface area contributed by atoms with Crippen LogP contribution in [-0.2, 0) is 25.7 Å². The van der Waals surface area contributed by atoms with Crippen LogP contribution < -0.4 is 4.74 Å². The molecule has 6 nitrogen and oxygen atoms in total. The first kappa shape index (κ1) is 17.8. The zero-order valence-electron chi connectivity index (χ0n) is 12.6. The fourth-order valence-corrected chi connectivity index (χ4v) is 2.29. The molecule has 24 heavy (non-hydrogen) atoms. The summed E-state index contributed by atoms with van der Waals surface area (Å²) in [4.78, 5) is 36.7. The molecule has 1 fully saturated rings. The van der Waals surface area contributed by atoms with Gasteiger partial charge in [-0.15, -0.1) is 13.2 Å². The summed E-state index contributed by atoms with van der Waals surface area (Å²) in [5, 5.41) is 0. The van der Waals surface area contributed by atoms with Crippen molar-refractivity contribution < 1.29 is 37.0 Å². The Labute approximate surface area is 135 Å². The lowest BCUT2D eigenvalue weighted by atomic mass is 10.1. The number of hydrogen-bond acceptors (Lipinski definition) is 5. The van der Waals surface area contributed by atoms with E-state index in [1.165, 1.54) is 12.1 Å². The largest absolute Gasteiger partial charge is 0.573 e. The van der Waals surface area contributed by atoms with Crippen LogP contribution in [0.15, 0.2) is 24.3 Å². The van der Waals surface area contributed by atoms with Crippen molar-refractivity contribution >= 4 is 17.7 Å². The standard InChI is InChI=1S/C15H14F3NO5/c1-2-23-14(22)12-11(20)8-19(13(12)21)7-9-3-5-10(6-4-9)24-15(16,17)18/h3-6,12H,2,7-8H2,1H3. The molecule has 1 amide bonds. The van der Waals surface area contributed by atoms with E-state index in [4.69, 9.17) is 4.74 Å². The Morgan fingerprint density at radius 1 is 1.25 bits per heavy atom. The molecule has 0 saturated carbocycles. The van der Waals surface area contributed by atoms with Crippen molar-refractivity contribution in [1.29, 1.82) is 0 Å². The average molecular weight is 345 g/mol. The van der Waals surface area contributed by atoms with Gasteiger partial charge < -0.3 is 14.4 Å². The minimum absolute atomic E-state index is 0.00717. The predicted octanol–water partition coefficient (Wildman–Crippen LogP) is 1.68. The highest BCUT2D eigenvalue weighted by Gasteiger charge is 2.45. The summed E-state index contributed by atoms with van der Waals surface area (Å²) >= 11 is 0. The average Bonchev–Trinajstić information content (AvgIpc) is 2.74. The molecule has 1 heterocycles. The van der Waals surface area contributed by atoms with E-state index in [0.29, 0.717) is 5.56 Å². The Hall–Kier alpha value is -2.58. The van der Waals surface area contributed by atoms with Crippen LogP contribution in [0.5, 0.6) is 5.75 Å². The molecular formula is C15H14F3NO5. The molecule has 1 aliphatic heterocycles. The summed E-state index contributed by atoms with van der Waals surface area (Å²) in [5.74, 6) is -3.97. The maximum absolute atomic E-state index is 12.1. The molecule has 2 rings (SSSR count). The van der Waals surface area contributed by atoms with Crippen LogP contribution >= 0.6 is 0 Å². The zero-order chi connectivity index (χ0) is 17.9. The summed E-state index contributed by atoms with van der Waals surface area (Å²) in [7, 11) is 0. The lowest BCUT2D eigenvalue weighted by Gasteiger charge is -2.16. The molecule has 0 bridgehead atoms. The molecule has 1 saturated heterocycles. The van der Waals surface area contributed by atoms with Crippen molar-refractivity contribution in [1.82, 2.24) is 4.90 Å². The molecule has 0 spiro atoms. The number of halogens is 3. The van der Waals surface area contributed by atoms with E-state index in [2.05, 4.69) is 4.74 Å². The van der Waals surface area contributed by atoms with Crippen LogP contribution in [0.3, 0.4) is 0 Å². The number of benzene rings is 1. The summed E-state index contributed by atoms with van der Waals surface area (Å²) in [6.07, 6.45) is -4.79. The number of ketones is 1. The van der Waals surface area contributed by atoms with Crippen LogP contribution in [0.25, 0.3) is 0 Å². The third kappa shape index (κ3) is 4.24. The van der Waals surface area contributed by atoms with Crippen LogP contribution in [-0.4, -0.2) is 42.1 Å². The number of likely N-dealkylation sites (tertiary alicyclic amines) is 1. The number of rotatable bonds is 5. The molecule has 1 aromatic carbocycles. The van der Waals surface area contributed by atoms with E-state index in [1.54, 1.807) is 6.92 Å². The van der Waals surface area contributed by atoms with Crippen molar-refractivity contribution in [2.45, 2.75) is 19.8 Å². The highest BCUT2D eigenvalue weighted by atomic mass is 19.4. The molecular weight excluding hydrogens is 331 g/mol. The highest BCUT2D eigenvalue weighted by Crippen LogP contribution is 2.24. The van der Waals surface area contributed by atoms with E-state index in [-0.39, 0.29) is 25.4 Å². The summed E-state index contributed by atoms with van der Waals surface area (Å²) in [6, 6.07) is 4.90. The second kappa shape index (κ2) is 6.90. The van der Waals surface area contributed by atoms with Gasteiger partial charge in [0.05, 0.1) is 13.2 Å². The van der Waals surface area contributed by atoms with Crippen LogP contribution in [0.1, 0.15) is 12.5 Å². The van der Waals surface area contributed by atoms with Gasteiger partial charge in [0.15, 0.2) is 11.7 Å². The van der Waals surface area contributed by atoms with Crippen LogP contribution in [0, 0.1) is 5.92 Å². The second-order valence-electron chi connectivity index (χ2n) is 5.04. The lowest BCUT2D eigenvalue weighted by molar-refractivity contribution is -0.274. The van der Waals surface area contributed by atoms with Gasteiger partial charge in [0.25, 0.3) is 0 Å². The molecule has 1 aliphatic rings. The van der Waals surface area contributed by atoms with Crippen molar-refractivity contribution in [3.8, 4) is 5.75 Å². The van der Waals surface area contributed by atoms with Gasteiger partial charge in [0, 0.05) is 6.54 Å². The third-order valence-corrected chi connectivity index (χ3v) is 3.28. The Kier molecular flexibility index (Phi) is 5.10. The quantitative estimate of drug-likeness (QED) is 0.600. The van der Waals surface area contributed by atoms with E-state index in [1.807, 2.05) is 0 Å². The van der Waals surface area contributed by atoms with Gasteiger partial charge in [-0.1, -0.05) is 12.1 Å². The maximum Gasteiger partial charge on any atom is 0.573 e. The number of amides is 1. The van der Waals surface area contributed by atoms with Gasteiger partial charge in [-0.05, 0) is 24.6 Å². The molecule has 130 valence electrons. The van der Waals surface area contributed by atoms with E-state index >= 15 is 0 Å². The molecule has 0 radical (unpaired) electrons. The van der Waals surface area contributed by atoms with Gasteiger partial charge in [0.1, 0.15) is 5.75 Å². The number of alkyl halides is 3. The lowest BCUT2D eigenvalue weighted by Crippen LogP contribution is -2.31. The Morgan fingerprint density at radius 2 is 1.88 bits per heavy atom. The van der Waals surface area contributed by atoms with Crippen molar-refractivity contribution in [2.75, 3.05) is 13.2 Å². The van der Waals surface area contributed by atoms with Crippen LogP contribution in [0.2, 0.25) is 0 Å². The van der Waals surface area contributed by atoms with Crippen molar-refractivity contribution in [2.24, 2.45) is 5.92 Å². The smallest absolute Gasteiger partial charge is 0.465 e. The van der Waals surface area contributed by atoms with Gasteiger partial charge >= 0.3 is 12.3 Å². The second-order valence-corrected chi connectivity index (χ2v) is 5.04. The molecule has 1 aromatic rings. The van der Waals surface area contributed by atoms with E-state index in [9.17, 15) is 27.6 Å². The Balaban J connectivity index is 2.02. The summed E-state index contributed by atoms with van der Waals surface area (Å²) in [6.45, 7) is 1.36. The van der Waals surface area contributed by atoms with Crippen molar-refractivity contribution in [3.63, 3.8) is 0 Å². The molecule has 1 atom stereocenters. The monoisotopic (exact) mass is 345 g/mol. The topological polar surface area (TPSA) is 72.9 Å². The molecule has 9 heteroatoms. The maximum atomic E-state index is 12.1. The predicted molar refractivity (Wildman–Crippen MR) is 73.7 cm³/mol. The number of carbonyl (C=O) groups is 3. The first-order valence-electron chi connectivity index (χ1n) is 7.04.